The molecule has 0 saturated carbocycles. The van der Waals surface area contributed by atoms with E-state index >= 15 is 0 Å². The van der Waals surface area contributed by atoms with Gasteiger partial charge in [-0.15, -0.1) is 11.3 Å². The van der Waals surface area contributed by atoms with Crippen LogP contribution in [0.4, 0.5) is 10.1 Å². The molecule has 3 rings (SSSR count). The topological polar surface area (TPSA) is 85.4 Å². The third kappa shape index (κ3) is 5.98. The van der Waals surface area contributed by atoms with E-state index in [9.17, 15) is 18.8 Å². The Hall–Kier alpha value is -3.04. The first kappa shape index (κ1) is 21.7. The number of anilines is 1. The maximum Gasteiger partial charge on any atom is 0.337 e. The molecule has 3 aromatic rings. The lowest BCUT2D eigenvalue weighted by molar-refractivity contribution is -0.115. The number of carbonyl (C=O) groups is 3. The molecule has 0 aliphatic heterocycles. The van der Waals surface area contributed by atoms with Gasteiger partial charge in [-0.1, -0.05) is 11.8 Å². The number of hydrogen-bond donors (Lipinski definition) is 1. The van der Waals surface area contributed by atoms with Crippen molar-refractivity contribution in [2.24, 2.45) is 0 Å². The van der Waals surface area contributed by atoms with Crippen LogP contribution in [-0.2, 0) is 16.0 Å². The molecule has 0 atom stereocenters. The lowest BCUT2D eigenvalue weighted by Crippen LogP contribution is -2.14. The van der Waals surface area contributed by atoms with Gasteiger partial charge in [0.1, 0.15) is 5.82 Å². The van der Waals surface area contributed by atoms with Crippen LogP contribution in [0, 0.1) is 5.82 Å². The highest BCUT2D eigenvalue weighted by molar-refractivity contribution is 8.01. The van der Waals surface area contributed by atoms with Crippen LogP contribution in [0.5, 0.6) is 0 Å². The summed E-state index contributed by atoms with van der Waals surface area (Å²) in [5.41, 5.74) is 1.99. The van der Waals surface area contributed by atoms with Crippen molar-refractivity contribution in [3.8, 4) is 0 Å². The second kappa shape index (κ2) is 10.1. The highest BCUT2D eigenvalue weighted by Crippen LogP contribution is 2.24. The van der Waals surface area contributed by atoms with E-state index in [2.05, 4.69) is 15.0 Å². The van der Waals surface area contributed by atoms with Crippen molar-refractivity contribution in [2.75, 3.05) is 18.2 Å². The number of rotatable bonds is 8. The molecular weight excluding hydrogens is 427 g/mol. The van der Waals surface area contributed by atoms with Gasteiger partial charge in [-0.2, -0.15) is 0 Å². The maximum atomic E-state index is 12.9. The molecule has 9 heteroatoms. The van der Waals surface area contributed by atoms with Crippen molar-refractivity contribution in [3.05, 3.63) is 76.5 Å². The highest BCUT2D eigenvalue weighted by Gasteiger charge is 2.12. The number of amides is 1. The Balaban J connectivity index is 1.49. The molecular formula is C21H17FN2O4S2. The monoisotopic (exact) mass is 444 g/mol. The Kier molecular flexibility index (Phi) is 7.31. The zero-order valence-electron chi connectivity index (χ0n) is 15.9. The molecule has 1 heterocycles. The normalized spacial score (nSPS) is 10.5. The molecule has 0 aliphatic rings. The number of halogens is 1. The number of carbonyl (C=O) groups excluding carboxylic acids is 3. The van der Waals surface area contributed by atoms with E-state index in [0.717, 1.165) is 0 Å². The zero-order valence-corrected chi connectivity index (χ0v) is 17.5. The van der Waals surface area contributed by atoms with Gasteiger partial charge in [-0.3, -0.25) is 9.59 Å². The van der Waals surface area contributed by atoms with E-state index in [1.54, 1.807) is 29.6 Å². The van der Waals surface area contributed by atoms with E-state index < -0.39 is 5.97 Å². The highest BCUT2D eigenvalue weighted by atomic mass is 32.2. The number of hydrogen-bond acceptors (Lipinski definition) is 7. The molecule has 1 N–H and O–H groups in total. The number of esters is 1. The van der Waals surface area contributed by atoms with Gasteiger partial charge in [0, 0.05) is 16.6 Å². The Labute approximate surface area is 180 Å². The van der Waals surface area contributed by atoms with Crippen molar-refractivity contribution in [2.45, 2.75) is 10.8 Å². The number of nitrogens with zero attached hydrogens (tertiary/aromatic N) is 1. The number of aromatic nitrogens is 1. The van der Waals surface area contributed by atoms with Gasteiger partial charge >= 0.3 is 5.97 Å². The minimum Gasteiger partial charge on any atom is -0.465 e. The van der Waals surface area contributed by atoms with Crippen molar-refractivity contribution in [1.82, 2.24) is 4.98 Å². The minimum absolute atomic E-state index is 0.0850. The van der Waals surface area contributed by atoms with Crippen LogP contribution in [0.2, 0.25) is 0 Å². The summed E-state index contributed by atoms with van der Waals surface area (Å²) in [6, 6.07) is 11.8. The largest absolute Gasteiger partial charge is 0.465 e. The number of nitrogens with one attached hydrogen (secondary N) is 1. The molecule has 0 fully saturated rings. The number of thioether (sulfide) groups is 1. The fraction of sp³-hybridized carbons (Fsp3) is 0.143. The first-order valence-electron chi connectivity index (χ1n) is 8.79. The summed E-state index contributed by atoms with van der Waals surface area (Å²) in [5.74, 6) is -1.02. The van der Waals surface area contributed by atoms with Gasteiger partial charge in [0.05, 0.1) is 30.5 Å². The summed E-state index contributed by atoms with van der Waals surface area (Å²) in [5, 5.41) is 4.51. The molecule has 0 unspecified atom stereocenters. The average molecular weight is 445 g/mol. The molecule has 0 aliphatic carbocycles. The van der Waals surface area contributed by atoms with Crippen molar-refractivity contribution in [3.63, 3.8) is 0 Å². The molecule has 1 amide bonds. The van der Waals surface area contributed by atoms with Crippen molar-refractivity contribution < 1.29 is 23.5 Å². The number of ketones is 1. The molecule has 0 spiro atoms. The van der Waals surface area contributed by atoms with Crippen LogP contribution in [0.1, 0.15) is 26.4 Å². The van der Waals surface area contributed by atoms with Crippen LogP contribution >= 0.6 is 23.1 Å². The quantitative estimate of drug-likeness (QED) is 0.318. The predicted molar refractivity (Wildman–Crippen MR) is 114 cm³/mol. The standard InChI is InChI=1S/C21H17FN2O4S2/c1-28-20(27)14-4-8-16(9-5-14)23-19(26)10-17-11-29-21(24-17)30-12-18(25)13-2-6-15(22)7-3-13/h2-9,11H,10,12H2,1H3,(H,23,26). The Morgan fingerprint density at radius 3 is 2.40 bits per heavy atom. The maximum absolute atomic E-state index is 12.9. The third-order valence-electron chi connectivity index (χ3n) is 3.96. The summed E-state index contributed by atoms with van der Waals surface area (Å²) >= 11 is 2.63. The summed E-state index contributed by atoms with van der Waals surface area (Å²) in [6.07, 6.45) is 0.0850. The number of ether oxygens (including phenoxy) is 1. The van der Waals surface area contributed by atoms with E-state index in [0.29, 0.717) is 26.8 Å². The fourth-order valence-corrected chi connectivity index (χ4v) is 4.20. The van der Waals surface area contributed by atoms with Gasteiger partial charge in [0.15, 0.2) is 10.1 Å². The molecule has 6 nitrogen and oxygen atoms in total. The first-order valence-corrected chi connectivity index (χ1v) is 10.7. The summed E-state index contributed by atoms with van der Waals surface area (Å²) in [6.45, 7) is 0. The van der Waals surface area contributed by atoms with Gasteiger partial charge in [-0.05, 0) is 48.5 Å². The molecule has 30 heavy (non-hydrogen) atoms. The number of thiazole rings is 1. The van der Waals surface area contributed by atoms with E-state index in [1.807, 2.05) is 0 Å². The Bertz CT molecular complexity index is 1050. The smallest absolute Gasteiger partial charge is 0.337 e. The van der Waals surface area contributed by atoms with Crippen LogP contribution in [0.3, 0.4) is 0 Å². The molecule has 0 bridgehead atoms. The van der Waals surface area contributed by atoms with Crippen LogP contribution in [0.15, 0.2) is 58.3 Å². The zero-order chi connectivity index (χ0) is 21.5. The van der Waals surface area contributed by atoms with Gasteiger partial charge in [0.25, 0.3) is 0 Å². The molecule has 1 aromatic heterocycles. The van der Waals surface area contributed by atoms with Crippen molar-refractivity contribution in [1.29, 1.82) is 0 Å². The summed E-state index contributed by atoms with van der Waals surface area (Å²) < 4.78 is 18.2. The minimum atomic E-state index is -0.446. The SMILES string of the molecule is COC(=O)c1ccc(NC(=O)Cc2csc(SCC(=O)c3ccc(F)cc3)n2)cc1. The van der Waals surface area contributed by atoms with Gasteiger partial charge in [-0.25, -0.2) is 14.2 Å². The number of benzene rings is 2. The Morgan fingerprint density at radius 2 is 1.73 bits per heavy atom. The first-order chi connectivity index (χ1) is 14.4. The fourth-order valence-electron chi connectivity index (χ4n) is 2.46. The van der Waals surface area contributed by atoms with E-state index in [1.165, 1.54) is 54.5 Å². The predicted octanol–water partition coefficient (Wildman–Crippen LogP) is 4.23. The van der Waals surface area contributed by atoms with E-state index in [4.69, 9.17) is 0 Å². The third-order valence-corrected chi connectivity index (χ3v) is 6.02. The lowest BCUT2D eigenvalue weighted by Gasteiger charge is -2.05. The average Bonchev–Trinajstić information content (AvgIpc) is 3.19. The summed E-state index contributed by atoms with van der Waals surface area (Å²) in [4.78, 5) is 40.2. The van der Waals surface area contributed by atoms with E-state index in [-0.39, 0.29) is 29.7 Å². The molecule has 2 aromatic carbocycles. The van der Waals surface area contributed by atoms with Gasteiger partial charge in [0.2, 0.25) is 5.91 Å². The molecule has 154 valence electrons. The number of methoxy groups -OCH3 is 1. The van der Waals surface area contributed by atoms with Crippen LogP contribution in [-0.4, -0.2) is 35.5 Å². The van der Waals surface area contributed by atoms with Crippen LogP contribution < -0.4 is 5.32 Å². The second-order valence-corrected chi connectivity index (χ2v) is 8.20. The van der Waals surface area contributed by atoms with Crippen molar-refractivity contribution >= 4 is 46.4 Å². The van der Waals surface area contributed by atoms with Gasteiger partial charge < -0.3 is 10.1 Å². The molecule has 0 radical (unpaired) electrons. The molecule has 0 saturated heterocycles. The Morgan fingerprint density at radius 1 is 1.07 bits per heavy atom. The van der Waals surface area contributed by atoms with Crippen LogP contribution in [0.25, 0.3) is 0 Å². The summed E-state index contributed by atoms with van der Waals surface area (Å²) in [7, 11) is 1.30. The second-order valence-electron chi connectivity index (χ2n) is 6.12. The lowest BCUT2D eigenvalue weighted by atomic mass is 10.1. The number of Topliss-reactive ketones (excluding diaryl/α,β-unsaturated/α-hetero) is 1.